The number of aliphatic carboxylic acids is 2. The number of nitrogens with zero attached hydrogens (tertiary/aromatic N) is 2. The maximum atomic E-state index is 12.3. The first-order valence-corrected chi connectivity index (χ1v) is 9.38. The number of fused-ring (bicyclic) bond motifs is 1. The molecule has 164 valence electrons. The molecule has 3 unspecified atom stereocenters. The molecule has 12 nitrogen and oxygen atoms in total. The van der Waals surface area contributed by atoms with Crippen molar-refractivity contribution in [3.05, 3.63) is 35.4 Å². The molecule has 3 atom stereocenters. The van der Waals surface area contributed by atoms with E-state index in [9.17, 15) is 19.2 Å². The highest BCUT2D eigenvalue weighted by Crippen LogP contribution is 2.17. The highest BCUT2D eigenvalue weighted by atomic mass is 16.5. The van der Waals surface area contributed by atoms with Gasteiger partial charge in [0.05, 0.1) is 6.61 Å². The van der Waals surface area contributed by atoms with Crippen molar-refractivity contribution in [1.29, 1.82) is 0 Å². The summed E-state index contributed by atoms with van der Waals surface area (Å²) in [6, 6.07) is 4.28. The van der Waals surface area contributed by atoms with Gasteiger partial charge in [0.25, 0.3) is 11.8 Å². The second-order valence-electron chi connectivity index (χ2n) is 7.02. The first kappa shape index (κ1) is 21.9. The van der Waals surface area contributed by atoms with Gasteiger partial charge in [-0.15, -0.1) is 0 Å². The van der Waals surface area contributed by atoms with E-state index in [0.717, 1.165) is 5.56 Å². The molecule has 0 saturated heterocycles. The summed E-state index contributed by atoms with van der Waals surface area (Å²) in [7, 11) is 0. The van der Waals surface area contributed by atoms with Crippen LogP contribution in [0.3, 0.4) is 0 Å². The second kappa shape index (κ2) is 9.34. The fraction of sp³-hybridized carbons (Fsp3) is 0.368. The van der Waals surface area contributed by atoms with E-state index in [4.69, 9.17) is 20.7 Å². The van der Waals surface area contributed by atoms with Crippen LogP contribution in [0.15, 0.2) is 34.3 Å². The Bertz CT molecular complexity index is 957. The van der Waals surface area contributed by atoms with Crippen molar-refractivity contribution >= 4 is 35.4 Å². The van der Waals surface area contributed by atoms with Crippen molar-refractivity contribution in [2.75, 3.05) is 6.61 Å². The zero-order valence-electron chi connectivity index (χ0n) is 16.3. The van der Waals surface area contributed by atoms with Crippen LogP contribution in [0.25, 0.3) is 0 Å². The van der Waals surface area contributed by atoms with Crippen molar-refractivity contribution in [3.63, 3.8) is 0 Å². The molecule has 0 bridgehead atoms. The highest BCUT2D eigenvalue weighted by molar-refractivity contribution is 6.03. The number of rotatable bonds is 8. The molecule has 6 N–H and O–H groups in total. The van der Waals surface area contributed by atoms with E-state index in [0.29, 0.717) is 12.1 Å². The van der Waals surface area contributed by atoms with E-state index in [1.54, 1.807) is 12.1 Å². The number of aliphatic imine (C=N–C) groups is 2. The third-order valence-electron chi connectivity index (χ3n) is 4.67. The van der Waals surface area contributed by atoms with Crippen LogP contribution in [0.2, 0.25) is 0 Å². The smallest absolute Gasteiger partial charge is 0.326 e. The summed E-state index contributed by atoms with van der Waals surface area (Å²) in [5.74, 6) is -3.48. The van der Waals surface area contributed by atoms with Gasteiger partial charge in [0, 0.05) is 24.1 Å². The van der Waals surface area contributed by atoms with Crippen LogP contribution in [-0.2, 0) is 25.5 Å². The van der Waals surface area contributed by atoms with E-state index in [1.165, 1.54) is 12.1 Å². The van der Waals surface area contributed by atoms with E-state index >= 15 is 0 Å². The number of hydrogen-bond donors (Lipinski definition) is 5. The molecular weight excluding hydrogens is 410 g/mol. The molecule has 31 heavy (non-hydrogen) atoms. The van der Waals surface area contributed by atoms with Crippen molar-refractivity contribution < 1.29 is 34.1 Å². The minimum absolute atomic E-state index is 0.00753. The lowest BCUT2D eigenvalue weighted by Gasteiger charge is -2.29. The normalized spacial score (nSPS) is 21.1. The van der Waals surface area contributed by atoms with Crippen LogP contribution in [0.4, 0.5) is 0 Å². The van der Waals surface area contributed by atoms with Gasteiger partial charge in [0.2, 0.25) is 0 Å². The first-order valence-electron chi connectivity index (χ1n) is 9.38. The largest absolute Gasteiger partial charge is 0.481 e. The highest BCUT2D eigenvalue weighted by Gasteiger charge is 2.36. The van der Waals surface area contributed by atoms with Gasteiger partial charge in [-0.05, 0) is 24.1 Å². The molecule has 2 aliphatic heterocycles. The quantitative estimate of drug-likeness (QED) is 0.342. The summed E-state index contributed by atoms with van der Waals surface area (Å²) in [6.07, 6.45) is -0.960. The third kappa shape index (κ3) is 5.63. The van der Waals surface area contributed by atoms with Crippen LogP contribution < -0.4 is 16.4 Å². The Kier molecular flexibility index (Phi) is 6.60. The Morgan fingerprint density at radius 3 is 2.58 bits per heavy atom. The number of benzene rings is 1. The predicted octanol–water partition coefficient (Wildman–Crippen LogP) is -1.11. The number of ether oxygens (including phenoxy) is 1. The average molecular weight is 431 g/mol. The van der Waals surface area contributed by atoms with Gasteiger partial charge in [-0.2, -0.15) is 0 Å². The number of nitrogens with one attached hydrogen (secondary N) is 2. The van der Waals surface area contributed by atoms with Crippen LogP contribution in [0.5, 0.6) is 0 Å². The van der Waals surface area contributed by atoms with Crippen molar-refractivity contribution in [2.45, 2.75) is 37.6 Å². The summed E-state index contributed by atoms with van der Waals surface area (Å²) in [5, 5.41) is 22.6. The summed E-state index contributed by atoms with van der Waals surface area (Å²) in [6.45, 7) is 0.178. The Labute approximate surface area is 176 Å². The maximum absolute atomic E-state index is 12.3. The number of amides is 2. The van der Waals surface area contributed by atoms with Gasteiger partial charge in [-0.1, -0.05) is 12.1 Å². The first-order chi connectivity index (χ1) is 14.7. The van der Waals surface area contributed by atoms with Gasteiger partial charge in [-0.3, -0.25) is 24.7 Å². The molecule has 0 spiro atoms. The molecule has 2 aliphatic rings. The number of carbonyl (C=O) groups is 4. The lowest BCUT2D eigenvalue weighted by Crippen LogP contribution is -2.54. The average Bonchev–Trinajstić information content (AvgIpc) is 2.71. The van der Waals surface area contributed by atoms with Gasteiger partial charge in [0.1, 0.15) is 6.04 Å². The van der Waals surface area contributed by atoms with Crippen LogP contribution in [0.1, 0.15) is 28.8 Å². The van der Waals surface area contributed by atoms with Crippen LogP contribution in [0, 0.1) is 0 Å². The van der Waals surface area contributed by atoms with E-state index < -0.39 is 42.1 Å². The summed E-state index contributed by atoms with van der Waals surface area (Å²) >= 11 is 0. The number of hydrogen-bond acceptors (Lipinski definition) is 8. The molecule has 3 rings (SSSR count). The Hall–Kier alpha value is -3.80. The second-order valence-corrected chi connectivity index (χ2v) is 7.02. The number of guanidine groups is 1. The molecule has 2 heterocycles. The maximum Gasteiger partial charge on any atom is 0.326 e. The molecule has 0 fully saturated rings. The minimum atomic E-state index is -1.31. The fourth-order valence-corrected chi connectivity index (χ4v) is 3.11. The predicted molar refractivity (Wildman–Crippen MR) is 107 cm³/mol. The van der Waals surface area contributed by atoms with Crippen molar-refractivity contribution in [2.24, 2.45) is 15.7 Å². The fourth-order valence-electron chi connectivity index (χ4n) is 3.11. The standard InChI is InChI=1S/C19H21N5O7/c20-19-23-16(28)14-17(24-19)31-8-11(21-14)7-9-1-3-10(4-2-9)15(27)22-12(18(29)30)5-6-13(25)26/h1-4,12,14,17H,5-8H2,(H,22,27)(H,25,26)(H,29,30)(H3,20,23,24,28). The number of nitrogens with two attached hydrogens (primary N) is 1. The van der Waals surface area contributed by atoms with E-state index in [2.05, 4.69) is 20.6 Å². The Morgan fingerprint density at radius 1 is 1.23 bits per heavy atom. The number of carboxylic acid groups (broad SMARTS) is 2. The molecule has 12 heteroatoms. The molecule has 0 saturated carbocycles. The Balaban J connectivity index is 1.62. The molecular formula is C19H21N5O7. The Morgan fingerprint density at radius 2 is 1.94 bits per heavy atom. The van der Waals surface area contributed by atoms with E-state index in [1.807, 2.05) is 0 Å². The zero-order valence-corrected chi connectivity index (χ0v) is 16.3. The SMILES string of the molecule is NC1=NC2OCC(Cc3ccc(C(=O)NC(CCC(=O)O)C(=O)O)cc3)=NC2C(=O)N1. The van der Waals surface area contributed by atoms with Gasteiger partial charge in [0.15, 0.2) is 18.2 Å². The summed E-state index contributed by atoms with van der Waals surface area (Å²) in [4.78, 5) is 54.5. The van der Waals surface area contributed by atoms with Crippen molar-refractivity contribution in [3.8, 4) is 0 Å². The number of carboxylic acids is 2. The molecule has 1 aromatic rings. The van der Waals surface area contributed by atoms with Gasteiger partial charge >= 0.3 is 11.9 Å². The monoisotopic (exact) mass is 431 g/mol. The van der Waals surface area contributed by atoms with Crippen LogP contribution in [-0.4, -0.2) is 70.6 Å². The molecule has 0 radical (unpaired) electrons. The number of carbonyl (C=O) groups excluding carboxylic acids is 2. The zero-order chi connectivity index (χ0) is 22.5. The lowest BCUT2D eigenvalue weighted by atomic mass is 10.0. The minimum Gasteiger partial charge on any atom is -0.481 e. The third-order valence-corrected chi connectivity index (χ3v) is 4.67. The molecule has 2 amide bonds. The topological polar surface area (TPSA) is 193 Å². The van der Waals surface area contributed by atoms with Gasteiger partial charge < -0.3 is 26.0 Å². The lowest BCUT2D eigenvalue weighted by molar-refractivity contribution is -0.140. The van der Waals surface area contributed by atoms with Crippen molar-refractivity contribution in [1.82, 2.24) is 10.6 Å². The molecule has 0 aromatic heterocycles. The molecule has 1 aromatic carbocycles. The summed E-state index contributed by atoms with van der Waals surface area (Å²) < 4.78 is 5.55. The van der Waals surface area contributed by atoms with E-state index in [-0.39, 0.29) is 31.0 Å². The van der Waals surface area contributed by atoms with Gasteiger partial charge in [-0.25, -0.2) is 9.79 Å². The summed E-state index contributed by atoms with van der Waals surface area (Å²) in [5.41, 5.74) is 7.16. The van der Waals surface area contributed by atoms with Crippen LogP contribution >= 0.6 is 0 Å². The molecule has 0 aliphatic carbocycles.